The Kier molecular flexibility index (Phi) is 4.05. The van der Waals surface area contributed by atoms with Crippen molar-refractivity contribution in [2.45, 2.75) is 20.3 Å². The van der Waals surface area contributed by atoms with Crippen molar-refractivity contribution in [3.05, 3.63) is 29.8 Å². The van der Waals surface area contributed by atoms with Crippen molar-refractivity contribution in [3.63, 3.8) is 0 Å². The summed E-state index contributed by atoms with van der Waals surface area (Å²) >= 11 is 0. The van der Waals surface area contributed by atoms with Gasteiger partial charge in [0.15, 0.2) is 0 Å². The van der Waals surface area contributed by atoms with E-state index in [1.807, 2.05) is 0 Å². The number of amides is 2. The first-order valence-electron chi connectivity index (χ1n) is 5.07. The molecule has 4 nitrogen and oxygen atoms in total. The van der Waals surface area contributed by atoms with Crippen molar-refractivity contribution >= 4 is 11.8 Å². The van der Waals surface area contributed by atoms with Crippen LogP contribution in [-0.2, 0) is 16.0 Å². The Labute approximate surface area is 94.5 Å². The molecular formula is C12H15NO3. The standard InChI is InChI=1S/C12H15NO3/c1-9(14)13(10(2)15)8-7-11-3-5-12(16)6-4-11/h3-6,16H,7-8H2,1-2H3. The van der Waals surface area contributed by atoms with E-state index < -0.39 is 0 Å². The molecule has 1 aromatic rings. The molecule has 86 valence electrons. The summed E-state index contributed by atoms with van der Waals surface area (Å²) in [7, 11) is 0. The van der Waals surface area contributed by atoms with Gasteiger partial charge in [0.05, 0.1) is 0 Å². The molecule has 1 aromatic carbocycles. The molecule has 1 N–H and O–H groups in total. The van der Waals surface area contributed by atoms with Crippen LogP contribution in [0.3, 0.4) is 0 Å². The van der Waals surface area contributed by atoms with Gasteiger partial charge in [-0.15, -0.1) is 0 Å². The number of carbonyl (C=O) groups excluding carboxylic acids is 2. The van der Waals surface area contributed by atoms with Gasteiger partial charge in [0.1, 0.15) is 5.75 Å². The van der Waals surface area contributed by atoms with Crippen molar-refractivity contribution < 1.29 is 14.7 Å². The van der Waals surface area contributed by atoms with E-state index in [1.54, 1.807) is 24.3 Å². The van der Waals surface area contributed by atoms with Gasteiger partial charge in [0.2, 0.25) is 11.8 Å². The molecule has 2 amide bonds. The molecule has 0 heterocycles. The SMILES string of the molecule is CC(=O)N(CCc1ccc(O)cc1)C(C)=O. The number of aromatic hydroxyl groups is 1. The molecule has 0 aliphatic rings. The molecule has 0 saturated heterocycles. The molecule has 0 unspecified atom stereocenters. The van der Waals surface area contributed by atoms with Gasteiger partial charge < -0.3 is 5.11 Å². The molecule has 0 atom stereocenters. The lowest BCUT2D eigenvalue weighted by Crippen LogP contribution is -2.34. The fraction of sp³-hybridized carbons (Fsp3) is 0.333. The molecule has 1 rings (SSSR count). The average Bonchev–Trinajstić information content (AvgIpc) is 2.20. The lowest BCUT2D eigenvalue weighted by molar-refractivity contribution is -0.141. The predicted octanol–water partition coefficient (Wildman–Crippen LogP) is 1.33. The van der Waals surface area contributed by atoms with Gasteiger partial charge >= 0.3 is 0 Å². The molecule has 0 bridgehead atoms. The van der Waals surface area contributed by atoms with E-state index in [-0.39, 0.29) is 17.6 Å². The third-order valence-electron chi connectivity index (χ3n) is 2.32. The van der Waals surface area contributed by atoms with Crippen LogP contribution in [0.4, 0.5) is 0 Å². The number of hydrogen-bond acceptors (Lipinski definition) is 3. The van der Waals surface area contributed by atoms with Crippen LogP contribution in [0.5, 0.6) is 5.75 Å². The Morgan fingerprint density at radius 1 is 1.12 bits per heavy atom. The van der Waals surface area contributed by atoms with Gasteiger partial charge in [-0.2, -0.15) is 0 Å². The van der Waals surface area contributed by atoms with Gasteiger partial charge in [0, 0.05) is 20.4 Å². The lowest BCUT2D eigenvalue weighted by atomic mass is 10.1. The summed E-state index contributed by atoms with van der Waals surface area (Å²) in [5, 5.41) is 9.09. The Hall–Kier alpha value is -1.84. The fourth-order valence-corrected chi connectivity index (χ4v) is 1.44. The van der Waals surface area contributed by atoms with Gasteiger partial charge in [-0.25, -0.2) is 0 Å². The average molecular weight is 221 g/mol. The molecule has 0 aromatic heterocycles. The first-order valence-corrected chi connectivity index (χ1v) is 5.07. The van der Waals surface area contributed by atoms with Crippen molar-refractivity contribution in [3.8, 4) is 5.75 Å². The normalized spacial score (nSPS) is 9.88. The van der Waals surface area contributed by atoms with Gasteiger partial charge in [-0.1, -0.05) is 12.1 Å². The van der Waals surface area contributed by atoms with Crippen LogP contribution >= 0.6 is 0 Å². The highest BCUT2D eigenvalue weighted by Crippen LogP contribution is 2.10. The van der Waals surface area contributed by atoms with E-state index in [0.29, 0.717) is 13.0 Å². The summed E-state index contributed by atoms with van der Waals surface area (Å²) in [4.78, 5) is 23.5. The van der Waals surface area contributed by atoms with Crippen molar-refractivity contribution in [2.75, 3.05) is 6.54 Å². The summed E-state index contributed by atoms with van der Waals surface area (Å²) in [6.45, 7) is 3.12. The number of nitrogens with zero attached hydrogens (tertiary/aromatic N) is 1. The maximum absolute atomic E-state index is 11.1. The van der Waals surface area contributed by atoms with Gasteiger partial charge in [-0.3, -0.25) is 14.5 Å². The Morgan fingerprint density at radius 2 is 1.62 bits per heavy atom. The minimum absolute atomic E-state index is 0.207. The first-order chi connectivity index (χ1) is 7.50. The van der Waals surface area contributed by atoms with Crippen LogP contribution in [0.1, 0.15) is 19.4 Å². The Bertz CT molecular complexity index is 370. The quantitative estimate of drug-likeness (QED) is 0.837. The van der Waals surface area contributed by atoms with E-state index in [0.717, 1.165) is 5.56 Å². The molecule has 0 aliphatic heterocycles. The molecule has 0 fully saturated rings. The predicted molar refractivity (Wildman–Crippen MR) is 59.9 cm³/mol. The zero-order valence-electron chi connectivity index (χ0n) is 9.43. The summed E-state index contributed by atoms with van der Waals surface area (Å²) in [5.74, 6) is -0.281. The highest BCUT2D eigenvalue weighted by atomic mass is 16.3. The first kappa shape index (κ1) is 12.2. The summed E-state index contributed by atoms with van der Waals surface area (Å²) in [5.41, 5.74) is 0.977. The summed E-state index contributed by atoms with van der Waals surface area (Å²) < 4.78 is 0. The zero-order valence-corrected chi connectivity index (χ0v) is 9.43. The number of phenolic OH excluding ortho intramolecular Hbond substituents is 1. The van der Waals surface area contributed by atoms with E-state index in [4.69, 9.17) is 5.11 Å². The smallest absolute Gasteiger partial charge is 0.226 e. The molecule has 0 saturated carbocycles. The minimum atomic E-state index is -0.244. The second-order valence-electron chi connectivity index (χ2n) is 3.61. The maximum atomic E-state index is 11.1. The Morgan fingerprint density at radius 3 is 2.06 bits per heavy atom. The second-order valence-corrected chi connectivity index (χ2v) is 3.61. The Balaban J connectivity index is 2.59. The van der Waals surface area contributed by atoms with E-state index in [2.05, 4.69) is 0 Å². The number of benzene rings is 1. The zero-order chi connectivity index (χ0) is 12.1. The van der Waals surface area contributed by atoms with Crippen LogP contribution < -0.4 is 0 Å². The van der Waals surface area contributed by atoms with Crippen LogP contribution in [0.15, 0.2) is 24.3 Å². The third-order valence-corrected chi connectivity index (χ3v) is 2.32. The number of phenols is 1. The highest BCUT2D eigenvalue weighted by Gasteiger charge is 2.12. The minimum Gasteiger partial charge on any atom is -0.508 e. The fourth-order valence-electron chi connectivity index (χ4n) is 1.44. The van der Waals surface area contributed by atoms with E-state index >= 15 is 0 Å². The van der Waals surface area contributed by atoms with Crippen molar-refractivity contribution in [1.29, 1.82) is 0 Å². The number of imide groups is 1. The molecule has 16 heavy (non-hydrogen) atoms. The molecule has 4 heteroatoms. The van der Waals surface area contributed by atoms with Crippen LogP contribution in [0, 0.1) is 0 Å². The van der Waals surface area contributed by atoms with Crippen LogP contribution in [-0.4, -0.2) is 28.4 Å². The van der Waals surface area contributed by atoms with Crippen LogP contribution in [0.25, 0.3) is 0 Å². The lowest BCUT2D eigenvalue weighted by Gasteiger charge is -2.16. The number of hydrogen-bond donors (Lipinski definition) is 1. The largest absolute Gasteiger partial charge is 0.508 e. The molecule has 0 aliphatic carbocycles. The molecular weight excluding hydrogens is 206 g/mol. The maximum Gasteiger partial charge on any atom is 0.226 e. The monoisotopic (exact) mass is 221 g/mol. The number of carbonyl (C=O) groups is 2. The van der Waals surface area contributed by atoms with E-state index in [1.165, 1.54) is 18.7 Å². The topological polar surface area (TPSA) is 57.6 Å². The van der Waals surface area contributed by atoms with Gasteiger partial charge in [-0.05, 0) is 24.1 Å². The third kappa shape index (κ3) is 3.38. The van der Waals surface area contributed by atoms with Gasteiger partial charge in [0.25, 0.3) is 0 Å². The van der Waals surface area contributed by atoms with E-state index in [9.17, 15) is 9.59 Å². The molecule has 0 spiro atoms. The number of rotatable bonds is 3. The molecule has 0 radical (unpaired) electrons. The summed E-state index contributed by atoms with van der Waals surface area (Å²) in [6, 6.07) is 6.71. The second kappa shape index (κ2) is 5.30. The summed E-state index contributed by atoms with van der Waals surface area (Å²) in [6.07, 6.45) is 0.597. The van der Waals surface area contributed by atoms with Crippen molar-refractivity contribution in [1.82, 2.24) is 4.90 Å². The highest BCUT2D eigenvalue weighted by molar-refractivity contribution is 5.92. The van der Waals surface area contributed by atoms with Crippen LogP contribution in [0.2, 0.25) is 0 Å². The van der Waals surface area contributed by atoms with Crippen molar-refractivity contribution in [2.24, 2.45) is 0 Å².